The minimum Gasteiger partial charge on any atom is -0.394 e. The van der Waals surface area contributed by atoms with Crippen molar-refractivity contribution in [1.29, 1.82) is 0 Å². The van der Waals surface area contributed by atoms with Crippen LogP contribution in [0.1, 0.15) is 6.23 Å². The first-order valence-corrected chi connectivity index (χ1v) is 6.96. The van der Waals surface area contributed by atoms with E-state index in [0.29, 0.717) is 0 Å². The molecule has 120 valence electrons. The molecule has 0 bridgehead atoms. The molecule has 4 atom stereocenters. The highest BCUT2D eigenvalue weighted by Gasteiger charge is 2.43. The molecule has 1 aromatic rings. The first kappa shape index (κ1) is 17.9. The number of nitrogens with one attached hydrogen (secondary N) is 1. The predicted molar refractivity (Wildman–Crippen MR) is 69.9 cm³/mol. The lowest BCUT2D eigenvalue weighted by Gasteiger charge is -2.16. The molecule has 2 rings (SSSR count). The number of nitrogens with two attached hydrogens (primary N) is 1. The fourth-order valence-corrected chi connectivity index (χ4v) is 1.74. The van der Waals surface area contributed by atoms with Crippen LogP contribution in [0.2, 0.25) is 0 Å². The molecule has 2 heterocycles. The Morgan fingerprint density at radius 1 is 1.33 bits per heavy atom. The van der Waals surface area contributed by atoms with E-state index in [0.717, 1.165) is 16.8 Å². The molecule has 0 radical (unpaired) electrons. The summed E-state index contributed by atoms with van der Waals surface area (Å²) >= 11 is 0. The number of H-pyrrole nitrogens is 1. The van der Waals surface area contributed by atoms with Gasteiger partial charge in [-0.15, -0.1) is 0 Å². The van der Waals surface area contributed by atoms with Gasteiger partial charge in [-0.2, -0.15) is 0 Å². The highest BCUT2D eigenvalue weighted by Crippen LogP contribution is 2.27. The molecule has 0 amide bonds. The van der Waals surface area contributed by atoms with Gasteiger partial charge in [0.15, 0.2) is 6.23 Å². The average Bonchev–Trinajstić information content (AvgIpc) is 2.66. The SMILES string of the molecule is NP(O)O.O=c1ccn([C@@H]2O[C@H](CO)[C@@H](O)[C@H]2O)c(=O)[nH]1. The minimum atomic E-state index is -2.12. The lowest BCUT2D eigenvalue weighted by atomic mass is 10.1. The molecule has 1 aliphatic rings. The van der Waals surface area contributed by atoms with E-state index in [-0.39, 0.29) is 0 Å². The maximum atomic E-state index is 11.4. The van der Waals surface area contributed by atoms with E-state index in [4.69, 9.17) is 19.6 Å². The lowest BCUT2D eigenvalue weighted by molar-refractivity contribution is -0.0550. The number of aromatic nitrogens is 2. The first-order chi connectivity index (χ1) is 9.77. The fourth-order valence-electron chi connectivity index (χ4n) is 1.74. The fraction of sp³-hybridized carbons (Fsp3) is 0.556. The van der Waals surface area contributed by atoms with Gasteiger partial charge in [0.25, 0.3) is 5.56 Å². The lowest BCUT2D eigenvalue weighted by Crippen LogP contribution is -2.37. The molecule has 8 N–H and O–H groups in total. The number of rotatable bonds is 2. The Morgan fingerprint density at radius 3 is 2.33 bits per heavy atom. The van der Waals surface area contributed by atoms with Crippen molar-refractivity contribution < 1.29 is 29.8 Å². The number of aliphatic hydroxyl groups is 3. The zero-order valence-electron chi connectivity index (χ0n) is 10.6. The molecule has 1 aromatic heterocycles. The van der Waals surface area contributed by atoms with Crippen LogP contribution in [-0.4, -0.2) is 59.6 Å². The van der Waals surface area contributed by atoms with Gasteiger partial charge < -0.3 is 29.8 Å². The van der Waals surface area contributed by atoms with E-state index in [2.05, 4.69) is 5.50 Å². The van der Waals surface area contributed by atoms with Crippen molar-refractivity contribution >= 4 is 8.53 Å². The Morgan fingerprint density at radius 2 is 1.90 bits per heavy atom. The molecule has 1 aliphatic heterocycles. The predicted octanol–water partition coefficient (Wildman–Crippen LogP) is -3.70. The van der Waals surface area contributed by atoms with Crippen molar-refractivity contribution in [2.45, 2.75) is 24.5 Å². The highest BCUT2D eigenvalue weighted by molar-refractivity contribution is 7.42. The Hall–Kier alpha value is -1.17. The second-order valence-corrected chi connectivity index (χ2v) is 4.71. The van der Waals surface area contributed by atoms with E-state index in [1.54, 1.807) is 0 Å². The molecular formula is C9H16N3O8P. The second-order valence-electron chi connectivity index (χ2n) is 4.07. The summed E-state index contributed by atoms with van der Waals surface area (Å²) in [6.45, 7) is -0.479. The summed E-state index contributed by atoms with van der Waals surface area (Å²) in [5.74, 6) is 0. The third-order valence-corrected chi connectivity index (χ3v) is 2.64. The smallest absolute Gasteiger partial charge is 0.330 e. The molecule has 11 nitrogen and oxygen atoms in total. The van der Waals surface area contributed by atoms with Gasteiger partial charge in [0.1, 0.15) is 18.3 Å². The number of hydrogen-bond donors (Lipinski definition) is 7. The number of aliphatic hydroxyl groups excluding tert-OH is 3. The van der Waals surface area contributed by atoms with Crippen molar-refractivity contribution in [2.24, 2.45) is 5.50 Å². The van der Waals surface area contributed by atoms with Crippen LogP contribution >= 0.6 is 8.53 Å². The molecule has 1 fully saturated rings. The van der Waals surface area contributed by atoms with Crippen LogP contribution in [0, 0.1) is 0 Å². The highest BCUT2D eigenvalue weighted by atomic mass is 31.2. The Labute approximate surface area is 118 Å². The van der Waals surface area contributed by atoms with E-state index >= 15 is 0 Å². The van der Waals surface area contributed by atoms with Crippen LogP contribution in [0.15, 0.2) is 21.9 Å². The minimum absolute atomic E-state index is 0.479. The maximum absolute atomic E-state index is 11.4. The van der Waals surface area contributed by atoms with Crippen LogP contribution in [-0.2, 0) is 4.74 Å². The van der Waals surface area contributed by atoms with Gasteiger partial charge in [-0.25, -0.2) is 4.79 Å². The zero-order chi connectivity index (χ0) is 16.2. The van der Waals surface area contributed by atoms with E-state index in [1.165, 1.54) is 0 Å². The van der Waals surface area contributed by atoms with Crippen molar-refractivity contribution in [3.63, 3.8) is 0 Å². The van der Waals surface area contributed by atoms with E-state index < -0.39 is 50.9 Å². The van der Waals surface area contributed by atoms with Crippen molar-refractivity contribution in [2.75, 3.05) is 6.61 Å². The number of hydrogen-bond acceptors (Lipinski definition) is 9. The van der Waals surface area contributed by atoms with Crippen LogP contribution in [0.3, 0.4) is 0 Å². The number of aromatic amines is 1. The van der Waals surface area contributed by atoms with Gasteiger partial charge in [0.05, 0.1) is 6.61 Å². The molecule has 0 aliphatic carbocycles. The van der Waals surface area contributed by atoms with Crippen LogP contribution < -0.4 is 16.8 Å². The van der Waals surface area contributed by atoms with Gasteiger partial charge >= 0.3 is 5.69 Å². The summed E-state index contributed by atoms with van der Waals surface area (Å²) < 4.78 is 6.08. The summed E-state index contributed by atoms with van der Waals surface area (Å²) in [6.07, 6.45) is -3.58. The first-order valence-electron chi connectivity index (χ1n) is 5.64. The monoisotopic (exact) mass is 325 g/mol. The quantitative estimate of drug-likeness (QED) is 0.268. The van der Waals surface area contributed by atoms with Gasteiger partial charge in [0, 0.05) is 12.3 Å². The number of ether oxygens (including phenoxy) is 1. The Balaban J connectivity index is 0.000000491. The van der Waals surface area contributed by atoms with Gasteiger partial charge in [-0.1, -0.05) is 0 Å². The number of nitrogens with zero attached hydrogens (tertiary/aromatic N) is 1. The summed E-state index contributed by atoms with van der Waals surface area (Å²) in [5, 5.41) is 28.1. The molecule has 12 heteroatoms. The molecular weight excluding hydrogens is 309 g/mol. The Kier molecular flexibility index (Phi) is 6.58. The van der Waals surface area contributed by atoms with Crippen LogP contribution in [0.4, 0.5) is 0 Å². The largest absolute Gasteiger partial charge is 0.394 e. The van der Waals surface area contributed by atoms with Crippen LogP contribution in [0.5, 0.6) is 0 Å². The molecule has 1 saturated heterocycles. The van der Waals surface area contributed by atoms with Crippen molar-refractivity contribution in [3.05, 3.63) is 33.1 Å². The van der Waals surface area contributed by atoms with Crippen LogP contribution in [0.25, 0.3) is 0 Å². The maximum Gasteiger partial charge on any atom is 0.330 e. The summed E-state index contributed by atoms with van der Waals surface area (Å²) in [4.78, 5) is 39.2. The zero-order valence-corrected chi connectivity index (χ0v) is 11.5. The standard InChI is InChI=1S/C9H12N2O6.H4NO2P/c12-3-4-6(14)7(15)8(17-4)11-2-1-5(13)10-9(11)16;1-4(2)3/h1-2,4,6-8,12,14-15H,3H2,(H,10,13,16);2-3H,1H2/t4-,6-,7-,8-;/m1./s1. The van der Waals surface area contributed by atoms with E-state index in [9.17, 15) is 19.8 Å². The topological polar surface area (TPSA) is 191 Å². The van der Waals surface area contributed by atoms with Crippen molar-refractivity contribution in [3.8, 4) is 0 Å². The Bertz CT molecular complexity index is 558. The summed E-state index contributed by atoms with van der Waals surface area (Å²) in [6, 6.07) is 1.09. The third kappa shape index (κ3) is 4.66. The van der Waals surface area contributed by atoms with Gasteiger partial charge in [0.2, 0.25) is 8.53 Å². The molecule has 21 heavy (non-hydrogen) atoms. The van der Waals surface area contributed by atoms with Crippen molar-refractivity contribution in [1.82, 2.24) is 9.55 Å². The van der Waals surface area contributed by atoms with Gasteiger partial charge in [-0.05, 0) is 0 Å². The third-order valence-electron chi connectivity index (χ3n) is 2.64. The molecule has 0 unspecified atom stereocenters. The van der Waals surface area contributed by atoms with Gasteiger partial charge in [-0.3, -0.25) is 19.8 Å². The molecule has 0 spiro atoms. The summed E-state index contributed by atoms with van der Waals surface area (Å²) in [5.41, 5.74) is 2.96. The summed E-state index contributed by atoms with van der Waals surface area (Å²) in [7, 11) is -2.12. The molecule has 0 aromatic carbocycles. The van der Waals surface area contributed by atoms with E-state index in [1.807, 2.05) is 4.98 Å². The second kappa shape index (κ2) is 7.73. The average molecular weight is 325 g/mol. The normalized spacial score (nSPS) is 28.3. The molecule has 0 saturated carbocycles.